The van der Waals surface area contributed by atoms with Gasteiger partial charge in [-0.1, -0.05) is 105 Å². The molecule has 4 nitrogen and oxygen atoms in total. The molecule has 0 fully saturated rings. The number of halogens is 4. The molecule has 0 aromatic heterocycles. The minimum atomic E-state index is 0.722. The van der Waals surface area contributed by atoms with Crippen molar-refractivity contribution >= 4 is 81.8 Å². The molecule has 0 heterocycles. The summed E-state index contributed by atoms with van der Waals surface area (Å²) in [5.74, 6) is 3.21. The van der Waals surface area contributed by atoms with Gasteiger partial charge in [-0.05, 0) is 171 Å². The number of ether oxygens (including phenoxy) is 2. The lowest BCUT2D eigenvalue weighted by atomic mass is 10.0. The Morgan fingerprint density at radius 2 is 0.692 bits per heavy atom. The van der Waals surface area contributed by atoms with Crippen molar-refractivity contribution in [3.63, 3.8) is 0 Å². The van der Waals surface area contributed by atoms with Gasteiger partial charge in [-0.3, -0.25) is 0 Å². The fourth-order valence-corrected chi connectivity index (χ4v) is 6.38. The summed E-state index contributed by atoms with van der Waals surface area (Å²) in [7, 11) is 0. The van der Waals surface area contributed by atoms with Crippen LogP contribution < -0.4 is 20.9 Å². The monoisotopic (exact) mass is 988 g/mol. The van der Waals surface area contributed by atoms with Gasteiger partial charge in [0.25, 0.3) is 0 Å². The Labute approximate surface area is 344 Å². The molecule has 8 heteroatoms. The summed E-state index contributed by atoms with van der Waals surface area (Å²) in [5, 5.41) is 0. The van der Waals surface area contributed by atoms with Crippen molar-refractivity contribution in [3.05, 3.63) is 209 Å². The maximum Gasteiger partial charge on any atom is 0.127 e. The van der Waals surface area contributed by atoms with Crippen LogP contribution in [0.3, 0.4) is 0 Å². The number of nitrogen functional groups attached to an aromatic ring is 2. The third-order valence-corrected chi connectivity index (χ3v) is 11.5. The zero-order chi connectivity index (χ0) is 36.7. The van der Waals surface area contributed by atoms with E-state index in [4.69, 9.17) is 20.9 Å². The Hall–Kier alpha value is -4.09. The topological polar surface area (TPSA) is 70.5 Å². The molecule has 0 aliphatic heterocycles. The van der Waals surface area contributed by atoms with Crippen molar-refractivity contribution in [1.82, 2.24) is 0 Å². The second-order valence-corrected chi connectivity index (χ2v) is 15.3. The van der Waals surface area contributed by atoms with Crippen LogP contribution >= 0.6 is 70.4 Å². The lowest BCUT2D eigenvalue weighted by Gasteiger charge is -2.09. The molecule has 262 valence electrons. The van der Waals surface area contributed by atoms with E-state index in [-0.39, 0.29) is 0 Å². The van der Waals surface area contributed by atoms with Crippen LogP contribution in [0.4, 0.5) is 11.4 Å². The second-order valence-electron chi connectivity index (χ2n) is 11.6. The third kappa shape index (κ3) is 12.8. The summed E-state index contributed by atoms with van der Waals surface area (Å²) in [4.78, 5) is 0. The standard InChI is InChI=1S/C26H20Br2O.C12H12N2O.C6H4BrI/c27-25-7-3-1-5-21(25)17-19-9-13-23(14-10-19)29-24-15-11-20(12-16-24)18-22-6-2-4-8-26(22)28;13-9-1-5-11(6-2-9)15-12-7-3-10(14)4-8-12;7-5-3-1-2-4-6(5)8/h1-16H,17-18H2;1-8H,13-14H2;1-4H. The predicted octanol–water partition coefficient (Wildman–Crippen LogP) is 13.9. The zero-order valence-electron chi connectivity index (χ0n) is 28.1. The van der Waals surface area contributed by atoms with E-state index in [2.05, 4.69) is 137 Å². The lowest BCUT2D eigenvalue weighted by Crippen LogP contribution is -1.91. The first kappa shape index (κ1) is 39.1. The van der Waals surface area contributed by atoms with E-state index in [0.717, 1.165) is 56.2 Å². The van der Waals surface area contributed by atoms with Gasteiger partial charge in [0.15, 0.2) is 0 Å². The molecule has 0 saturated carbocycles. The maximum atomic E-state index is 6.02. The molecular formula is C44H36Br3IN2O2. The Balaban J connectivity index is 0.000000187. The summed E-state index contributed by atoms with van der Waals surface area (Å²) < 4.78 is 16.3. The Bertz CT molecular complexity index is 1990. The molecular weight excluding hydrogens is 955 g/mol. The minimum Gasteiger partial charge on any atom is -0.457 e. The molecule has 0 spiro atoms. The van der Waals surface area contributed by atoms with Crippen molar-refractivity contribution in [2.75, 3.05) is 11.5 Å². The van der Waals surface area contributed by atoms with E-state index in [0.29, 0.717) is 0 Å². The molecule has 52 heavy (non-hydrogen) atoms. The van der Waals surface area contributed by atoms with E-state index in [9.17, 15) is 0 Å². The van der Waals surface area contributed by atoms with Gasteiger partial charge in [0.05, 0.1) is 0 Å². The van der Waals surface area contributed by atoms with Crippen LogP contribution in [0.25, 0.3) is 0 Å². The number of hydrogen-bond donors (Lipinski definition) is 2. The van der Waals surface area contributed by atoms with Crippen molar-refractivity contribution in [1.29, 1.82) is 0 Å². The van der Waals surface area contributed by atoms with Gasteiger partial charge in [-0.25, -0.2) is 0 Å². The summed E-state index contributed by atoms with van der Waals surface area (Å²) in [6.07, 6.45) is 1.79. The molecule has 7 aromatic rings. The maximum absolute atomic E-state index is 6.02. The number of nitrogens with two attached hydrogens (primary N) is 2. The summed E-state index contributed by atoms with van der Waals surface area (Å²) in [6.45, 7) is 0. The first-order valence-electron chi connectivity index (χ1n) is 16.3. The van der Waals surface area contributed by atoms with Crippen molar-refractivity contribution < 1.29 is 9.47 Å². The molecule has 7 rings (SSSR count). The smallest absolute Gasteiger partial charge is 0.127 e. The summed E-state index contributed by atoms with van der Waals surface area (Å²) in [5.41, 5.74) is 17.7. The van der Waals surface area contributed by atoms with Gasteiger partial charge in [0, 0.05) is 28.4 Å². The average molecular weight is 991 g/mol. The first-order valence-corrected chi connectivity index (χ1v) is 19.8. The molecule has 0 atom stereocenters. The number of rotatable bonds is 8. The van der Waals surface area contributed by atoms with E-state index < -0.39 is 0 Å². The number of hydrogen-bond acceptors (Lipinski definition) is 4. The van der Waals surface area contributed by atoms with Crippen LogP contribution in [0.1, 0.15) is 22.3 Å². The van der Waals surface area contributed by atoms with Gasteiger partial charge in [-0.15, -0.1) is 0 Å². The highest BCUT2D eigenvalue weighted by molar-refractivity contribution is 14.1. The van der Waals surface area contributed by atoms with Crippen LogP contribution in [0.2, 0.25) is 0 Å². The minimum absolute atomic E-state index is 0.722. The number of benzene rings is 7. The Kier molecular flexibility index (Phi) is 15.2. The van der Waals surface area contributed by atoms with Gasteiger partial charge >= 0.3 is 0 Å². The van der Waals surface area contributed by atoms with Crippen molar-refractivity contribution in [3.8, 4) is 23.0 Å². The second kappa shape index (κ2) is 20.2. The fraction of sp³-hybridized carbons (Fsp3) is 0.0455. The Morgan fingerprint density at radius 3 is 1.00 bits per heavy atom. The Morgan fingerprint density at radius 1 is 0.385 bits per heavy atom. The SMILES string of the molecule is Brc1ccccc1Cc1ccc(Oc2ccc(Cc3ccccc3Br)cc2)cc1.Brc1ccccc1I.Nc1ccc(Oc2ccc(N)cc2)cc1. The van der Waals surface area contributed by atoms with E-state index in [1.54, 1.807) is 24.3 Å². The first-order chi connectivity index (χ1) is 25.2. The normalized spacial score (nSPS) is 10.2. The fourth-order valence-electron chi connectivity index (χ4n) is 4.86. The van der Waals surface area contributed by atoms with Crippen molar-refractivity contribution in [2.45, 2.75) is 12.8 Å². The molecule has 0 saturated heterocycles. The quantitative estimate of drug-likeness (QED) is 0.118. The van der Waals surface area contributed by atoms with Crippen LogP contribution in [0.5, 0.6) is 23.0 Å². The molecule has 0 unspecified atom stereocenters. The van der Waals surface area contributed by atoms with Crippen LogP contribution in [0.15, 0.2) is 183 Å². The van der Waals surface area contributed by atoms with E-state index in [1.165, 1.54) is 30.3 Å². The number of anilines is 2. The van der Waals surface area contributed by atoms with Crippen LogP contribution in [-0.2, 0) is 12.8 Å². The van der Waals surface area contributed by atoms with Crippen molar-refractivity contribution in [2.24, 2.45) is 0 Å². The molecule has 0 radical (unpaired) electrons. The molecule has 7 aromatic carbocycles. The van der Waals surface area contributed by atoms with Gasteiger partial charge in [0.1, 0.15) is 23.0 Å². The van der Waals surface area contributed by atoms with E-state index in [1.807, 2.05) is 78.9 Å². The largest absolute Gasteiger partial charge is 0.457 e. The third-order valence-electron chi connectivity index (χ3n) is 7.61. The predicted molar refractivity (Wildman–Crippen MR) is 235 cm³/mol. The summed E-state index contributed by atoms with van der Waals surface area (Å²) >= 11 is 12.9. The van der Waals surface area contributed by atoms with Crippen LogP contribution in [-0.4, -0.2) is 0 Å². The molecule has 0 aliphatic rings. The molecule has 0 amide bonds. The molecule has 4 N–H and O–H groups in total. The summed E-state index contributed by atoms with van der Waals surface area (Å²) in [6, 6.07) is 55.9. The van der Waals surface area contributed by atoms with Gasteiger partial charge in [-0.2, -0.15) is 0 Å². The highest BCUT2D eigenvalue weighted by Crippen LogP contribution is 2.27. The van der Waals surface area contributed by atoms with Gasteiger partial charge < -0.3 is 20.9 Å². The highest BCUT2D eigenvalue weighted by atomic mass is 127. The van der Waals surface area contributed by atoms with Crippen LogP contribution in [0, 0.1) is 3.57 Å². The molecule has 0 aliphatic carbocycles. The zero-order valence-corrected chi connectivity index (χ0v) is 35.0. The van der Waals surface area contributed by atoms with E-state index >= 15 is 0 Å². The van der Waals surface area contributed by atoms with Gasteiger partial charge in [0.2, 0.25) is 0 Å². The average Bonchev–Trinajstić information content (AvgIpc) is 3.15. The lowest BCUT2D eigenvalue weighted by molar-refractivity contribution is 0.482. The highest BCUT2D eigenvalue weighted by Gasteiger charge is 2.04. The molecule has 0 bridgehead atoms.